The number of hydrogen-bond acceptors (Lipinski definition) is 3. The van der Waals surface area contributed by atoms with E-state index in [9.17, 15) is 4.39 Å². The third-order valence-corrected chi connectivity index (χ3v) is 4.27. The monoisotopic (exact) mass is 277 g/mol. The minimum absolute atomic E-state index is 0.131. The van der Waals surface area contributed by atoms with E-state index >= 15 is 0 Å². The number of rotatable bonds is 5. The first-order valence-corrected chi connectivity index (χ1v) is 7.66. The Bertz CT molecular complexity index is 451. The van der Waals surface area contributed by atoms with Crippen molar-refractivity contribution in [1.82, 2.24) is 10.2 Å². The van der Waals surface area contributed by atoms with Crippen molar-refractivity contribution < 1.29 is 4.39 Å². The average Bonchev–Trinajstić information content (AvgIpc) is 3.23. The van der Waals surface area contributed by atoms with Crippen molar-refractivity contribution in [3.05, 3.63) is 29.6 Å². The zero-order valence-corrected chi connectivity index (χ0v) is 12.2. The van der Waals surface area contributed by atoms with Gasteiger partial charge in [0.25, 0.3) is 0 Å². The van der Waals surface area contributed by atoms with E-state index in [-0.39, 0.29) is 5.82 Å². The van der Waals surface area contributed by atoms with Crippen molar-refractivity contribution >= 4 is 5.69 Å². The molecule has 0 atom stereocenters. The minimum atomic E-state index is -0.131. The van der Waals surface area contributed by atoms with Crippen LogP contribution in [-0.4, -0.2) is 44.7 Å². The predicted octanol–water partition coefficient (Wildman–Crippen LogP) is 2.08. The lowest BCUT2D eigenvalue weighted by atomic mass is 10.1. The number of nitrogens with one attached hydrogen (secondary N) is 1. The maximum atomic E-state index is 13.7. The van der Waals surface area contributed by atoms with Crippen LogP contribution in [0.1, 0.15) is 18.4 Å². The summed E-state index contributed by atoms with van der Waals surface area (Å²) in [6.07, 6.45) is 2.83. The lowest BCUT2D eigenvalue weighted by Gasteiger charge is -2.36. The second-order valence-electron chi connectivity index (χ2n) is 6.08. The van der Waals surface area contributed by atoms with Gasteiger partial charge >= 0.3 is 0 Å². The van der Waals surface area contributed by atoms with E-state index in [1.807, 2.05) is 7.05 Å². The maximum Gasteiger partial charge on any atom is 0.125 e. The van der Waals surface area contributed by atoms with E-state index in [0.717, 1.165) is 43.3 Å². The normalized spacial score (nSPS) is 20.4. The van der Waals surface area contributed by atoms with Gasteiger partial charge in [-0.25, -0.2) is 4.39 Å². The molecule has 0 aromatic heterocycles. The van der Waals surface area contributed by atoms with Gasteiger partial charge in [-0.1, -0.05) is 0 Å². The molecule has 1 heterocycles. The fourth-order valence-corrected chi connectivity index (χ4v) is 2.98. The highest BCUT2D eigenvalue weighted by atomic mass is 19.1. The Morgan fingerprint density at radius 2 is 1.90 bits per heavy atom. The van der Waals surface area contributed by atoms with Crippen LogP contribution >= 0.6 is 0 Å². The van der Waals surface area contributed by atoms with Crippen molar-refractivity contribution in [3.63, 3.8) is 0 Å². The molecule has 2 fully saturated rings. The van der Waals surface area contributed by atoms with Crippen molar-refractivity contribution in [3.8, 4) is 0 Å². The van der Waals surface area contributed by atoms with E-state index < -0.39 is 0 Å². The number of piperazine rings is 1. The van der Waals surface area contributed by atoms with Crippen LogP contribution in [0.3, 0.4) is 0 Å². The highest BCUT2D eigenvalue weighted by Gasteiger charge is 2.26. The van der Waals surface area contributed by atoms with Crippen LogP contribution in [0.2, 0.25) is 0 Å². The van der Waals surface area contributed by atoms with Crippen LogP contribution in [-0.2, 0) is 6.54 Å². The fourth-order valence-electron chi connectivity index (χ4n) is 2.98. The molecule has 1 aliphatic carbocycles. The molecule has 1 saturated carbocycles. The molecule has 1 aromatic carbocycles. The molecule has 1 aliphatic heterocycles. The molecular weight excluding hydrogens is 253 g/mol. The third kappa shape index (κ3) is 3.49. The number of anilines is 1. The highest BCUT2D eigenvalue weighted by Crippen LogP contribution is 2.30. The Morgan fingerprint density at radius 1 is 1.15 bits per heavy atom. The van der Waals surface area contributed by atoms with Crippen molar-refractivity contribution in [2.45, 2.75) is 19.4 Å². The molecule has 4 heteroatoms. The summed E-state index contributed by atoms with van der Waals surface area (Å²) in [7, 11) is 1.89. The molecule has 110 valence electrons. The number of nitrogens with zero attached hydrogens (tertiary/aromatic N) is 2. The largest absolute Gasteiger partial charge is 0.369 e. The van der Waals surface area contributed by atoms with Gasteiger partial charge in [-0.2, -0.15) is 0 Å². The summed E-state index contributed by atoms with van der Waals surface area (Å²) < 4.78 is 13.7. The molecule has 0 spiro atoms. The summed E-state index contributed by atoms with van der Waals surface area (Å²) in [5, 5.41) is 3.08. The van der Waals surface area contributed by atoms with Crippen LogP contribution in [0.5, 0.6) is 0 Å². The smallest absolute Gasteiger partial charge is 0.125 e. The van der Waals surface area contributed by atoms with Gasteiger partial charge in [0.05, 0.1) is 0 Å². The summed E-state index contributed by atoms with van der Waals surface area (Å²) in [5.41, 5.74) is 2.05. The zero-order chi connectivity index (χ0) is 13.9. The van der Waals surface area contributed by atoms with Crippen LogP contribution in [0.25, 0.3) is 0 Å². The molecule has 20 heavy (non-hydrogen) atoms. The molecular formula is C16H24FN3. The molecule has 1 aromatic rings. The van der Waals surface area contributed by atoms with E-state index in [4.69, 9.17) is 0 Å². The van der Waals surface area contributed by atoms with Gasteiger partial charge in [0, 0.05) is 45.0 Å². The van der Waals surface area contributed by atoms with Gasteiger partial charge in [0.15, 0.2) is 0 Å². The highest BCUT2D eigenvalue weighted by molar-refractivity contribution is 5.49. The molecule has 0 bridgehead atoms. The SMILES string of the molecule is CNCc1cc(F)cc(N2CCN(CC3CC3)CC2)c1. The van der Waals surface area contributed by atoms with E-state index in [1.165, 1.54) is 19.4 Å². The quantitative estimate of drug-likeness (QED) is 0.889. The Kier molecular flexibility index (Phi) is 4.22. The van der Waals surface area contributed by atoms with Crippen molar-refractivity contribution in [2.24, 2.45) is 5.92 Å². The summed E-state index contributed by atoms with van der Waals surface area (Å²) in [6, 6.07) is 5.38. The molecule has 0 radical (unpaired) electrons. The molecule has 3 nitrogen and oxygen atoms in total. The second-order valence-corrected chi connectivity index (χ2v) is 6.08. The first-order chi connectivity index (χ1) is 9.74. The van der Waals surface area contributed by atoms with E-state index in [0.29, 0.717) is 6.54 Å². The standard InChI is InChI=1S/C16H24FN3/c1-18-11-14-8-15(17)10-16(9-14)20-6-4-19(5-7-20)12-13-2-3-13/h8-10,13,18H,2-7,11-12H2,1H3. The minimum Gasteiger partial charge on any atom is -0.369 e. The van der Waals surface area contributed by atoms with Gasteiger partial charge in [0.1, 0.15) is 5.82 Å². The Balaban J connectivity index is 1.61. The summed E-state index contributed by atoms with van der Waals surface area (Å²) in [4.78, 5) is 4.87. The Morgan fingerprint density at radius 3 is 2.55 bits per heavy atom. The Hall–Kier alpha value is -1.13. The van der Waals surface area contributed by atoms with Crippen molar-refractivity contribution in [1.29, 1.82) is 0 Å². The maximum absolute atomic E-state index is 13.7. The van der Waals surface area contributed by atoms with Gasteiger partial charge in [-0.05, 0) is 49.6 Å². The summed E-state index contributed by atoms with van der Waals surface area (Å²) >= 11 is 0. The van der Waals surface area contributed by atoms with E-state index in [1.54, 1.807) is 12.1 Å². The first kappa shape index (κ1) is 13.8. The average molecular weight is 277 g/mol. The number of benzene rings is 1. The molecule has 2 aliphatic rings. The Labute approximate surface area is 120 Å². The lowest BCUT2D eigenvalue weighted by Crippen LogP contribution is -2.47. The van der Waals surface area contributed by atoms with Crippen LogP contribution in [0, 0.1) is 11.7 Å². The first-order valence-electron chi connectivity index (χ1n) is 7.66. The molecule has 0 amide bonds. The fraction of sp³-hybridized carbons (Fsp3) is 0.625. The van der Waals surface area contributed by atoms with E-state index in [2.05, 4.69) is 21.2 Å². The predicted molar refractivity (Wildman–Crippen MR) is 80.5 cm³/mol. The number of hydrogen-bond donors (Lipinski definition) is 1. The third-order valence-electron chi connectivity index (χ3n) is 4.27. The summed E-state index contributed by atoms with van der Waals surface area (Å²) in [6.45, 7) is 6.21. The second kappa shape index (κ2) is 6.10. The van der Waals surface area contributed by atoms with Gasteiger partial charge in [-0.3, -0.25) is 4.90 Å². The topological polar surface area (TPSA) is 18.5 Å². The number of halogens is 1. The summed E-state index contributed by atoms with van der Waals surface area (Å²) in [5.74, 6) is 0.825. The molecule has 3 rings (SSSR count). The van der Waals surface area contributed by atoms with Gasteiger partial charge in [0.2, 0.25) is 0 Å². The van der Waals surface area contributed by atoms with Crippen molar-refractivity contribution in [2.75, 3.05) is 44.7 Å². The van der Waals surface area contributed by atoms with Crippen LogP contribution in [0.15, 0.2) is 18.2 Å². The molecule has 1 saturated heterocycles. The zero-order valence-electron chi connectivity index (χ0n) is 12.2. The van der Waals surface area contributed by atoms with Gasteiger partial charge < -0.3 is 10.2 Å². The molecule has 0 unspecified atom stereocenters. The molecule has 1 N–H and O–H groups in total. The van der Waals surface area contributed by atoms with Crippen LogP contribution in [0.4, 0.5) is 10.1 Å². The van der Waals surface area contributed by atoms with Gasteiger partial charge in [-0.15, -0.1) is 0 Å². The lowest BCUT2D eigenvalue weighted by molar-refractivity contribution is 0.248. The van der Waals surface area contributed by atoms with Crippen LogP contribution < -0.4 is 10.2 Å².